The minimum absolute atomic E-state index is 0. The molecule has 6 aromatic rings. The van der Waals surface area contributed by atoms with Crippen LogP contribution in [-0.2, 0) is 15.4 Å². The molecule has 2 unspecified atom stereocenters. The molecule has 50 heavy (non-hydrogen) atoms. The molecule has 254 valence electrons. The van der Waals surface area contributed by atoms with Gasteiger partial charge in [-0.05, 0) is 0 Å². The van der Waals surface area contributed by atoms with Crippen molar-refractivity contribution in [3.8, 4) is 22.3 Å². The van der Waals surface area contributed by atoms with Crippen molar-refractivity contribution in [3.05, 3.63) is 155 Å². The third kappa shape index (κ3) is 5.85. The molecule has 2 aliphatic rings. The Morgan fingerprint density at radius 2 is 0.800 bits per heavy atom. The molecule has 0 saturated heterocycles. The van der Waals surface area contributed by atoms with E-state index in [2.05, 4.69) is 171 Å². The fourth-order valence-corrected chi connectivity index (χ4v) is 46.4. The van der Waals surface area contributed by atoms with Crippen LogP contribution in [0.4, 0.5) is 0 Å². The van der Waals surface area contributed by atoms with Gasteiger partial charge in [-0.1, -0.05) is 0 Å². The summed E-state index contributed by atoms with van der Waals surface area (Å²) in [6, 6.07) is 45.8. The number of fused-ring (bicyclic) bond motifs is 4. The number of allylic oxidation sites excluding steroid dienone is 2. The van der Waals surface area contributed by atoms with E-state index in [0.29, 0.717) is 19.2 Å². The third-order valence-corrected chi connectivity index (χ3v) is 43.9. The summed E-state index contributed by atoms with van der Waals surface area (Å²) in [5.74, 6) is 0.998. The van der Waals surface area contributed by atoms with E-state index < -0.39 is 15.4 Å². The maximum absolute atomic E-state index is 3.86. The van der Waals surface area contributed by atoms with Gasteiger partial charge in [0.1, 0.15) is 0 Å². The summed E-state index contributed by atoms with van der Waals surface area (Å²) in [6.45, 7) is 9.76. The molecule has 0 radical (unpaired) electrons. The predicted molar refractivity (Wildman–Crippen MR) is 225 cm³/mol. The van der Waals surface area contributed by atoms with Crippen molar-refractivity contribution in [2.75, 3.05) is 0 Å². The maximum atomic E-state index is 2.85. The molecule has 0 bridgehead atoms. The van der Waals surface area contributed by atoms with Gasteiger partial charge >= 0.3 is 295 Å². The average Bonchev–Trinajstić information content (AvgIpc) is 3.70. The van der Waals surface area contributed by atoms with Crippen LogP contribution in [0.2, 0.25) is 9.36 Å². The Kier molecular flexibility index (Phi) is 10.2. The van der Waals surface area contributed by atoms with E-state index in [9.17, 15) is 0 Å². The fourth-order valence-electron chi connectivity index (χ4n) is 9.52. The van der Waals surface area contributed by atoms with Crippen LogP contribution in [0.15, 0.2) is 132 Å². The van der Waals surface area contributed by atoms with Crippen LogP contribution in [-0.4, -0.2) is 12.2 Å². The quantitative estimate of drug-likeness (QED) is 0.146. The molecule has 2 atom stereocenters. The first-order chi connectivity index (χ1) is 23.0. The topological polar surface area (TPSA) is 0 Å². The summed E-state index contributed by atoms with van der Waals surface area (Å²) < 4.78 is 6.76. The van der Waals surface area contributed by atoms with E-state index in [-0.39, 0.29) is 24.8 Å². The van der Waals surface area contributed by atoms with Gasteiger partial charge in [-0.2, -0.15) is 0 Å². The Hall–Kier alpha value is -2.69. The Morgan fingerprint density at radius 3 is 1.20 bits per heavy atom. The zero-order chi connectivity index (χ0) is 33.4. The maximum Gasteiger partial charge on any atom is -0.147 e. The summed E-state index contributed by atoms with van der Waals surface area (Å²) in [5, 5.41) is 5.31. The molecule has 0 N–H and O–H groups in total. The third-order valence-electron chi connectivity index (χ3n) is 11.6. The number of rotatable bonds is 6. The number of hydrogen-bond acceptors (Lipinski definition) is 0. The molecule has 0 nitrogen and oxygen atoms in total. The second-order valence-corrected chi connectivity index (χ2v) is 79.6. The van der Waals surface area contributed by atoms with Crippen molar-refractivity contribution < 1.29 is 15.4 Å². The largest absolute Gasteiger partial charge is 0.147 e. The van der Waals surface area contributed by atoms with Gasteiger partial charge in [-0.15, -0.1) is 24.8 Å². The molecule has 6 aromatic carbocycles. The molecular formula is C46H48Cl2GeHf. The van der Waals surface area contributed by atoms with Crippen LogP contribution in [0.1, 0.15) is 57.3 Å². The van der Waals surface area contributed by atoms with Gasteiger partial charge in [0.05, 0.1) is 0 Å². The van der Waals surface area contributed by atoms with E-state index in [1.807, 2.05) is 0 Å². The van der Waals surface area contributed by atoms with Gasteiger partial charge in [-0.25, -0.2) is 0 Å². The van der Waals surface area contributed by atoms with Crippen molar-refractivity contribution in [1.29, 1.82) is 0 Å². The van der Waals surface area contributed by atoms with Crippen molar-refractivity contribution in [2.24, 2.45) is 11.8 Å². The first-order valence-electron chi connectivity index (χ1n) is 17.8. The van der Waals surface area contributed by atoms with Crippen molar-refractivity contribution in [2.45, 2.75) is 44.4 Å². The summed E-state index contributed by atoms with van der Waals surface area (Å²) in [5.41, 5.74) is 15.0. The summed E-state index contributed by atoms with van der Waals surface area (Å²) in [7, 11) is 0. The smallest absolute Gasteiger partial charge is 0.147 e. The van der Waals surface area contributed by atoms with Gasteiger partial charge in [-0.3, -0.25) is 0 Å². The summed E-state index contributed by atoms with van der Waals surface area (Å²) >= 11 is -2.46. The molecule has 8 rings (SSSR count). The van der Waals surface area contributed by atoms with E-state index >= 15 is 0 Å². The van der Waals surface area contributed by atoms with Crippen LogP contribution >= 0.6 is 24.8 Å². The van der Waals surface area contributed by atoms with Gasteiger partial charge in [0.2, 0.25) is 0 Å². The zero-order valence-electron chi connectivity index (χ0n) is 30.0. The monoisotopic (exact) mass is 924 g/mol. The van der Waals surface area contributed by atoms with Crippen LogP contribution in [0, 0.1) is 11.8 Å². The second-order valence-electron chi connectivity index (χ2n) is 16.1. The SMILES string of the molecule is CC(C)C1=Cc2c(-c3cccc4ccccc34)cccc2[CH]1[Hf]([CH3])([CH3])(=[GeH2])[CH]1C(C(C)C)=Cc2c(-c3cccc4ccccc34)cccc21.Cl.Cl. The standard InChI is InChI=1S/2C22H19.2CH3.2ClH.GeH2.Hf/c2*1-15(2)18-13-17-9-6-12-21(22(17)14-18)20-11-5-8-16-7-3-4-10-19(16)20;;;;;;/h2*3-15H,1-2H3;2*1H3;2*1H;1H2;. The normalized spacial score (nSPS) is 16.9. The Balaban J connectivity index is 0.00000216. The Bertz CT molecular complexity index is 2230. The first-order valence-corrected chi connectivity index (χ1v) is 43.8. The minimum Gasteiger partial charge on any atom is -0.147 e. The predicted octanol–water partition coefficient (Wildman–Crippen LogP) is 13.4. The second kappa shape index (κ2) is 13.7. The molecule has 0 saturated carbocycles. The first kappa shape index (κ1) is 37.1. The molecule has 0 spiro atoms. The summed E-state index contributed by atoms with van der Waals surface area (Å²) in [6.07, 6.45) is 5.28. The molecule has 2 aliphatic carbocycles. The molecule has 0 amide bonds. The van der Waals surface area contributed by atoms with E-state index in [1.54, 1.807) is 22.3 Å². The fraction of sp³-hybridized carbons (Fsp3) is 0.217. The van der Waals surface area contributed by atoms with E-state index in [0.717, 1.165) is 0 Å². The summed E-state index contributed by atoms with van der Waals surface area (Å²) in [4.78, 5) is 0. The average molecular weight is 923 g/mol. The zero-order valence-corrected chi connectivity index (χ0v) is 38.2. The molecule has 0 aliphatic heterocycles. The van der Waals surface area contributed by atoms with E-state index in [1.165, 1.54) is 67.1 Å². The van der Waals surface area contributed by atoms with Crippen molar-refractivity contribution >= 4 is 70.7 Å². The van der Waals surface area contributed by atoms with Crippen molar-refractivity contribution in [1.82, 2.24) is 0 Å². The van der Waals surface area contributed by atoms with Crippen LogP contribution in [0.5, 0.6) is 0 Å². The molecule has 0 heterocycles. The Morgan fingerprint density at radius 1 is 0.460 bits per heavy atom. The van der Waals surface area contributed by atoms with Gasteiger partial charge in [0, 0.05) is 0 Å². The molecule has 4 heteroatoms. The minimum atomic E-state index is -3.86. The van der Waals surface area contributed by atoms with E-state index in [4.69, 9.17) is 0 Å². The van der Waals surface area contributed by atoms with Gasteiger partial charge < -0.3 is 0 Å². The molecule has 0 aromatic heterocycles. The van der Waals surface area contributed by atoms with Crippen LogP contribution in [0.25, 0.3) is 56.0 Å². The van der Waals surface area contributed by atoms with Crippen LogP contribution in [0.3, 0.4) is 0 Å². The number of halogens is 2. The Labute approximate surface area is 316 Å². The molecular weight excluding hydrogens is 875 g/mol. The molecule has 0 fully saturated rings. The van der Waals surface area contributed by atoms with Crippen LogP contribution < -0.4 is 0 Å². The van der Waals surface area contributed by atoms with Gasteiger partial charge in [0.25, 0.3) is 0 Å². The number of hydrogen-bond donors (Lipinski definition) is 0. The van der Waals surface area contributed by atoms with Crippen molar-refractivity contribution in [3.63, 3.8) is 0 Å². The number of benzene rings is 6. The van der Waals surface area contributed by atoms with Gasteiger partial charge in [0.15, 0.2) is 0 Å².